The molecule has 0 saturated heterocycles. The van der Waals surface area contributed by atoms with Crippen LogP contribution in [0.25, 0.3) is 5.83 Å². The van der Waals surface area contributed by atoms with E-state index in [0.29, 0.717) is 12.1 Å². The molecular formula is C25H19F9O. The number of carbonyl (C=O) groups excluding carboxylic acids is 1. The van der Waals surface area contributed by atoms with Gasteiger partial charge >= 0.3 is 12.4 Å². The fourth-order valence-corrected chi connectivity index (χ4v) is 2.99. The molecule has 0 fully saturated rings. The van der Waals surface area contributed by atoms with Gasteiger partial charge in [-0.2, -0.15) is 26.3 Å². The second kappa shape index (κ2) is 9.80. The predicted octanol–water partition coefficient (Wildman–Crippen LogP) is 8.24. The van der Waals surface area contributed by atoms with Crippen molar-refractivity contribution in [2.24, 2.45) is 5.41 Å². The third-order valence-electron chi connectivity index (χ3n) is 4.63. The monoisotopic (exact) mass is 506 g/mol. The van der Waals surface area contributed by atoms with E-state index in [0.717, 1.165) is 13.0 Å². The molecule has 0 spiro atoms. The Balaban J connectivity index is 2.68. The van der Waals surface area contributed by atoms with E-state index in [-0.39, 0.29) is 18.2 Å². The summed E-state index contributed by atoms with van der Waals surface area (Å²) in [6, 6.07) is 2.41. The average molecular weight is 506 g/mol. The van der Waals surface area contributed by atoms with Crippen LogP contribution in [-0.2, 0) is 6.18 Å². The molecule has 0 heterocycles. The van der Waals surface area contributed by atoms with E-state index in [4.69, 9.17) is 0 Å². The van der Waals surface area contributed by atoms with Crippen LogP contribution in [0.4, 0.5) is 39.5 Å². The zero-order valence-electron chi connectivity index (χ0n) is 18.9. The minimum absolute atomic E-state index is 0.0451. The van der Waals surface area contributed by atoms with Crippen LogP contribution >= 0.6 is 0 Å². The summed E-state index contributed by atoms with van der Waals surface area (Å²) in [4.78, 5) is 11.5. The first-order chi connectivity index (χ1) is 15.8. The average Bonchev–Trinajstić information content (AvgIpc) is 2.70. The Morgan fingerprint density at radius 1 is 0.971 bits per heavy atom. The van der Waals surface area contributed by atoms with Crippen molar-refractivity contribution in [1.29, 1.82) is 0 Å². The van der Waals surface area contributed by atoms with Crippen molar-refractivity contribution in [2.45, 2.75) is 46.0 Å². The van der Waals surface area contributed by atoms with Crippen LogP contribution in [0.15, 0.2) is 36.4 Å². The number of carbonyl (C=O) groups is 1. The topological polar surface area (TPSA) is 17.1 Å². The second-order valence-electron chi connectivity index (χ2n) is 8.71. The lowest BCUT2D eigenvalue weighted by molar-refractivity contribution is -0.140. The van der Waals surface area contributed by atoms with Crippen LogP contribution in [-0.4, -0.2) is 12.0 Å². The highest BCUT2D eigenvalue weighted by Gasteiger charge is 2.41. The molecule has 0 aliphatic rings. The van der Waals surface area contributed by atoms with Crippen LogP contribution < -0.4 is 0 Å². The zero-order chi connectivity index (χ0) is 26.9. The van der Waals surface area contributed by atoms with E-state index in [2.05, 4.69) is 11.8 Å². The van der Waals surface area contributed by atoms with E-state index in [1.165, 1.54) is 0 Å². The third kappa shape index (κ3) is 7.13. The van der Waals surface area contributed by atoms with Crippen molar-refractivity contribution in [1.82, 2.24) is 0 Å². The smallest absolute Gasteiger partial charge is 0.294 e. The van der Waals surface area contributed by atoms with Gasteiger partial charge in [-0.25, -0.2) is 13.2 Å². The Morgan fingerprint density at radius 3 is 2.06 bits per heavy atom. The van der Waals surface area contributed by atoms with Gasteiger partial charge in [0.2, 0.25) is 0 Å². The van der Waals surface area contributed by atoms with Crippen LogP contribution in [0.2, 0.25) is 0 Å². The van der Waals surface area contributed by atoms with Gasteiger partial charge in [-0.3, -0.25) is 4.79 Å². The Kier molecular flexibility index (Phi) is 7.84. The third-order valence-corrected chi connectivity index (χ3v) is 4.63. The maximum Gasteiger partial charge on any atom is 0.417 e. The van der Waals surface area contributed by atoms with Crippen molar-refractivity contribution >= 4 is 11.6 Å². The van der Waals surface area contributed by atoms with Crippen LogP contribution in [0.5, 0.6) is 0 Å². The fraction of sp³-hybridized carbons (Fsp3) is 0.320. The molecule has 188 valence electrons. The summed E-state index contributed by atoms with van der Waals surface area (Å²) < 4.78 is 124. The van der Waals surface area contributed by atoms with Crippen LogP contribution in [0, 0.1) is 28.9 Å². The minimum atomic E-state index is -5.22. The molecule has 2 aromatic rings. The summed E-state index contributed by atoms with van der Waals surface area (Å²) in [5.74, 6) is -3.87. The van der Waals surface area contributed by atoms with Gasteiger partial charge in [0, 0.05) is 16.5 Å². The lowest BCUT2D eigenvalue weighted by atomic mass is 9.93. The molecule has 1 atom stereocenters. The van der Waals surface area contributed by atoms with Crippen molar-refractivity contribution in [2.75, 3.05) is 0 Å². The number of benzene rings is 2. The van der Waals surface area contributed by atoms with Gasteiger partial charge in [0.05, 0.1) is 11.1 Å². The highest BCUT2D eigenvalue weighted by Crippen LogP contribution is 2.40. The highest BCUT2D eigenvalue weighted by atomic mass is 19.4. The Hall–Kier alpha value is -3.22. The van der Waals surface area contributed by atoms with Crippen LogP contribution in [0.1, 0.15) is 66.2 Å². The lowest BCUT2D eigenvalue weighted by Crippen LogP contribution is -2.20. The minimum Gasteiger partial charge on any atom is -0.294 e. The van der Waals surface area contributed by atoms with Gasteiger partial charge in [0.1, 0.15) is 11.7 Å². The first-order valence-electron chi connectivity index (χ1n) is 10.00. The van der Waals surface area contributed by atoms with Crippen molar-refractivity contribution in [3.63, 3.8) is 0 Å². The number of allylic oxidation sites excluding steroid dienone is 1. The predicted molar refractivity (Wildman–Crippen MR) is 112 cm³/mol. The maximum atomic E-state index is 14.8. The summed E-state index contributed by atoms with van der Waals surface area (Å²) >= 11 is 0. The van der Waals surface area contributed by atoms with Crippen molar-refractivity contribution in [3.05, 3.63) is 75.9 Å². The first-order valence-corrected chi connectivity index (χ1v) is 10.00. The molecule has 1 unspecified atom stereocenters. The largest absolute Gasteiger partial charge is 0.417 e. The number of alkyl halides is 6. The summed E-state index contributed by atoms with van der Waals surface area (Å²) in [6.45, 7) is 5.73. The van der Waals surface area contributed by atoms with Gasteiger partial charge in [0.15, 0.2) is 17.4 Å². The molecule has 0 aliphatic carbocycles. The summed E-state index contributed by atoms with van der Waals surface area (Å²) in [6.07, 6.45) is -10.3. The molecule has 0 bridgehead atoms. The Morgan fingerprint density at radius 2 is 1.57 bits per heavy atom. The van der Waals surface area contributed by atoms with E-state index >= 15 is 0 Å². The molecule has 0 aliphatic heterocycles. The number of hydrogen-bond donors (Lipinski definition) is 0. The number of Topliss-reactive ketones (excluding diaryl/α,β-unsaturated/α-hetero) is 1. The van der Waals surface area contributed by atoms with Gasteiger partial charge in [0.25, 0.3) is 0 Å². The quantitative estimate of drug-likeness (QED) is 0.232. The lowest BCUT2D eigenvalue weighted by Gasteiger charge is -2.19. The number of ketones is 1. The summed E-state index contributed by atoms with van der Waals surface area (Å²) in [7, 11) is 0. The number of hydrogen-bond acceptors (Lipinski definition) is 1. The molecule has 2 rings (SSSR count). The molecule has 10 heteroatoms. The molecule has 1 nitrogen and oxygen atoms in total. The van der Waals surface area contributed by atoms with E-state index in [1.807, 2.05) is 0 Å². The van der Waals surface area contributed by atoms with Gasteiger partial charge in [-0.15, -0.1) is 0 Å². The SMILES string of the molecule is CC(=O)c1ccc(/C(F)=C/C(c2cc(F)c(F)c(C#CC(C)(C)C)c2)C(F)(F)F)cc1C(F)(F)F. The Bertz CT molecular complexity index is 1220. The number of rotatable bonds is 4. The van der Waals surface area contributed by atoms with Gasteiger partial charge in [-0.05, 0) is 57.5 Å². The molecule has 2 aromatic carbocycles. The van der Waals surface area contributed by atoms with Crippen LogP contribution in [0.3, 0.4) is 0 Å². The van der Waals surface area contributed by atoms with Crippen molar-refractivity contribution in [3.8, 4) is 11.8 Å². The maximum absolute atomic E-state index is 14.8. The highest BCUT2D eigenvalue weighted by molar-refractivity contribution is 5.96. The zero-order valence-corrected chi connectivity index (χ0v) is 18.9. The fourth-order valence-electron chi connectivity index (χ4n) is 2.99. The second-order valence-corrected chi connectivity index (χ2v) is 8.71. The van der Waals surface area contributed by atoms with Crippen molar-refractivity contribution < 1.29 is 44.3 Å². The van der Waals surface area contributed by atoms with Gasteiger partial charge < -0.3 is 0 Å². The summed E-state index contributed by atoms with van der Waals surface area (Å²) in [5.41, 5.74) is -5.49. The standard InChI is InChI=1S/C25H19F9O/c1-13(35)17-6-5-14(10-19(17)25(32,33)34)20(26)12-18(24(29,30)31)16-9-15(7-8-23(2,3)4)22(28)21(27)11-16/h5-6,9-12,18H,1-4H3/b20-12-. The van der Waals surface area contributed by atoms with Gasteiger partial charge in [-0.1, -0.05) is 24.0 Å². The summed E-state index contributed by atoms with van der Waals surface area (Å²) in [5, 5.41) is 0. The molecular weight excluding hydrogens is 487 g/mol. The molecule has 0 saturated carbocycles. The molecule has 0 aromatic heterocycles. The van der Waals surface area contributed by atoms with E-state index in [9.17, 15) is 44.3 Å². The molecule has 0 N–H and O–H groups in total. The Labute approximate surface area is 195 Å². The molecule has 0 radical (unpaired) electrons. The molecule has 0 amide bonds. The first kappa shape index (κ1) is 28.0. The van der Waals surface area contributed by atoms with E-state index in [1.54, 1.807) is 20.8 Å². The van der Waals surface area contributed by atoms with E-state index < -0.39 is 74.7 Å². The number of halogens is 9. The molecule has 35 heavy (non-hydrogen) atoms. The normalized spacial score (nSPS) is 13.8.